The third-order valence-corrected chi connectivity index (χ3v) is 4.61. The molecule has 0 bridgehead atoms. The molecule has 0 fully saturated rings. The Kier molecular flexibility index (Phi) is 6.91. The number of sulfone groups is 1. The molecule has 0 unspecified atom stereocenters. The highest BCUT2D eigenvalue weighted by Gasteiger charge is 2.34. The Morgan fingerprint density at radius 2 is 1.72 bits per heavy atom. The Bertz CT molecular complexity index is 1020. The van der Waals surface area contributed by atoms with Crippen molar-refractivity contribution >= 4 is 39.0 Å². The minimum absolute atomic E-state index is 0.0533. The van der Waals surface area contributed by atoms with Gasteiger partial charge < -0.3 is 10.1 Å². The zero-order valence-corrected chi connectivity index (χ0v) is 16.5. The largest absolute Gasteiger partial charge is 0.452 e. The van der Waals surface area contributed by atoms with Crippen LogP contribution in [-0.4, -0.2) is 33.2 Å². The highest BCUT2D eigenvalue weighted by Crippen LogP contribution is 2.36. The lowest BCUT2D eigenvalue weighted by atomic mass is 10.1. The molecule has 0 saturated carbocycles. The monoisotopic (exact) mass is 449 g/mol. The molecule has 6 nitrogen and oxygen atoms in total. The first-order valence-corrected chi connectivity index (χ1v) is 10.4. The molecule has 2 rings (SSSR count). The van der Waals surface area contributed by atoms with Crippen LogP contribution in [0.15, 0.2) is 42.5 Å². The second-order valence-corrected chi connectivity index (χ2v) is 8.66. The van der Waals surface area contributed by atoms with Crippen LogP contribution >= 0.6 is 11.6 Å². The van der Waals surface area contributed by atoms with Gasteiger partial charge in [-0.3, -0.25) is 4.79 Å². The zero-order chi connectivity index (χ0) is 21.8. The van der Waals surface area contributed by atoms with E-state index in [-0.39, 0.29) is 16.3 Å². The van der Waals surface area contributed by atoms with Gasteiger partial charge in [-0.05, 0) is 35.9 Å². The Labute approximate surface area is 169 Å². The molecule has 2 aromatic carbocycles. The predicted molar refractivity (Wildman–Crippen MR) is 100 cm³/mol. The molecule has 0 radical (unpaired) electrons. The van der Waals surface area contributed by atoms with E-state index >= 15 is 0 Å². The summed E-state index contributed by atoms with van der Waals surface area (Å²) in [7, 11) is -3.24. The van der Waals surface area contributed by atoms with Gasteiger partial charge in [0, 0.05) is 11.3 Å². The molecule has 0 atom stereocenters. The van der Waals surface area contributed by atoms with Gasteiger partial charge in [0.15, 0.2) is 16.4 Å². The number of carbonyl (C=O) groups is 2. The van der Waals surface area contributed by atoms with E-state index in [0.717, 1.165) is 12.3 Å². The summed E-state index contributed by atoms with van der Waals surface area (Å²) in [5, 5.41) is 1.87. The van der Waals surface area contributed by atoms with Gasteiger partial charge >= 0.3 is 12.1 Å². The van der Waals surface area contributed by atoms with Gasteiger partial charge in [-0.1, -0.05) is 23.7 Å². The van der Waals surface area contributed by atoms with E-state index < -0.39 is 45.7 Å². The maximum absolute atomic E-state index is 13.0. The maximum atomic E-state index is 13.0. The fourth-order valence-electron chi connectivity index (χ4n) is 2.30. The molecule has 0 spiro atoms. The Hall–Kier alpha value is -2.59. The number of halogens is 4. The summed E-state index contributed by atoms with van der Waals surface area (Å²) in [4.78, 5) is 23.8. The molecule has 29 heavy (non-hydrogen) atoms. The Morgan fingerprint density at radius 3 is 2.28 bits per heavy atom. The molecule has 0 heterocycles. The van der Waals surface area contributed by atoms with Crippen molar-refractivity contribution in [2.24, 2.45) is 0 Å². The second-order valence-electron chi connectivity index (χ2n) is 6.08. The van der Waals surface area contributed by atoms with E-state index in [2.05, 4.69) is 0 Å². The number of hydrogen-bond acceptors (Lipinski definition) is 5. The summed E-state index contributed by atoms with van der Waals surface area (Å²) < 4.78 is 66.3. The topological polar surface area (TPSA) is 89.5 Å². The average Bonchev–Trinajstić information content (AvgIpc) is 2.59. The molecule has 1 N–H and O–H groups in total. The standard InChI is InChI=1S/C18H15ClF3NO5S/c1-29(26,27)10-11-2-4-12(5-3-11)17(25)28-9-16(24)23-15-7-6-13(19)8-14(15)18(20,21)22/h2-8H,9-10H2,1H3,(H,23,24). The van der Waals surface area contributed by atoms with Gasteiger partial charge in [-0.2, -0.15) is 13.2 Å². The van der Waals surface area contributed by atoms with E-state index in [9.17, 15) is 31.2 Å². The van der Waals surface area contributed by atoms with E-state index in [1.165, 1.54) is 30.3 Å². The molecule has 1 amide bonds. The number of ether oxygens (including phenoxy) is 1. The fraction of sp³-hybridized carbons (Fsp3) is 0.222. The highest BCUT2D eigenvalue weighted by atomic mass is 35.5. The van der Waals surface area contributed by atoms with Gasteiger partial charge in [0.25, 0.3) is 5.91 Å². The fourth-order valence-corrected chi connectivity index (χ4v) is 3.27. The SMILES string of the molecule is CS(=O)(=O)Cc1ccc(C(=O)OCC(=O)Nc2ccc(Cl)cc2C(F)(F)F)cc1. The molecular weight excluding hydrogens is 435 g/mol. The number of alkyl halides is 3. The van der Waals surface area contributed by atoms with E-state index in [4.69, 9.17) is 16.3 Å². The van der Waals surface area contributed by atoms with Crippen LogP contribution in [0.4, 0.5) is 18.9 Å². The number of anilines is 1. The van der Waals surface area contributed by atoms with Gasteiger partial charge in [-0.25, -0.2) is 13.2 Å². The van der Waals surface area contributed by atoms with Crippen molar-refractivity contribution in [2.75, 3.05) is 18.2 Å². The highest BCUT2D eigenvalue weighted by molar-refractivity contribution is 7.89. The number of esters is 1. The molecule has 0 saturated heterocycles. The molecular formula is C18H15ClF3NO5S. The van der Waals surface area contributed by atoms with Crippen LogP contribution in [0.2, 0.25) is 5.02 Å². The number of amides is 1. The first-order valence-electron chi connectivity index (χ1n) is 7.95. The number of benzene rings is 2. The lowest BCUT2D eigenvalue weighted by molar-refractivity contribution is -0.137. The van der Waals surface area contributed by atoms with Crippen LogP contribution in [0.1, 0.15) is 21.5 Å². The van der Waals surface area contributed by atoms with Crippen molar-refractivity contribution in [1.29, 1.82) is 0 Å². The van der Waals surface area contributed by atoms with E-state index in [1.54, 1.807) is 0 Å². The van der Waals surface area contributed by atoms with E-state index in [0.29, 0.717) is 11.6 Å². The van der Waals surface area contributed by atoms with Gasteiger partial charge in [0.1, 0.15) is 0 Å². The lowest BCUT2D eigenvalue weighted by Crippen LogP contribution is -2.22. The third-order valence-electron chi connectivity index (χ3n) is 3.51. The molecule has 0 aromatic heterocycles. The molecule has 0 aliphatic carbocycles. The minimum Gasteiger partial charge on any atom is -0.452 e. The van der Waals surface area contributed by atoms with Gasteiger partial charge in [0.05, 0.1) is 22.6 Å². The average molecular weight is 450 g/mol. The van der Waals surface area contributed by atoms with Crippen LogP contribution in [0.5, 0.6) is 0 Å². The summed E-state index contributed by atoms with van der Waals surface area (Å²) in [5.41, 5.74) is -1.14. The summed E-state index contributed by atoms with van der Waals surface area (Å²) >= 11 is 5.56. The number of nitrogens with one attached hydrogen (secondary N) is 1. The van der Waals surface area contributed by atoms with Crippen molar-refractivity contribution in [2.45, 2.75) is 11.9 Å². The van der Waals surface area contributed by atoms with Crippen LogP contribution in [-0.2, 0) is 31.3 Å². The van der Waals surface area contributed by atoms with Crippen LogP contribution in [0.25, 0.3) is 0 Å². The molecule has 2 aromatic rings. The summed E-state index contributed by atoms with van der Waals surface area (Å²) in [6.07, 6.45) is -3.67. The Morgan fingerprint density at radius 1 is 1.10 bits per heavy atom. The van der Waals surface area contributed by atoms with Crippen LogP contribution in [0, 0.1) is 0 Å². The van der Waals surface area contributed by atoms with Crippen molar-refractivity contribution in [3.8, 4) is 0 Å². The third kappa shape index (κ3) is 7.06. The van der Waals surface area contributed by atoms with Crippen LogP contribution < -0.4 is 5.32 Å². The summed E-state index contributed by atoms with van der Waals surface area (Å²) in [6, 6.07) is 8.31. The zero-order valence-electron chi connectivity index (χ0n) is 14.9. The van der Waals surface area contributed by atoms with Crippen molar-refractivity contribution < 1.29 is 35.9 Å². The first-order chi connectivity index (χ1) is 13.3. The smallest absolute Gasteiger partial charge is 0.418 e. The Balaban J connectivity index is 1.98. The maximum Gasteiger partial charge on any atom is 0.418 e. The molecule has 0 aliphatic heterocycles. The summed E-state index contributed by atoms with van der Waals surface area (Å²) in [5.74, 6) is -2.06. The van der Waals surface area contributed by atoms with Crippen molar-refractivity contribution in [3.05, 3.63) is 64.2 Å². The van der Waals surface area contributed by atoms with Gasteiger partial charge in [-0.15, -0.1) is 0 Å². The number of carbonyl (C=O) groups excluding carboxylic acids is 2. The van der Waals surface area contributed by atoms with E-state index in [1.807, 2.05) is 5.32 Å². The normalized spacial score (nSPS) is 11.8. The number of hydrogen-bond donors (Lipinski definition) is 1. The predicted octanol–water partition coefficient (Wildman–Crippen LogP) is 3.70. The van der Waals surface area contributed by atoms with Crippen molar-refractivity contribution in [1.82, 2.24) is 0 Å². The second kappa shape index (κ2) is 8.83. The first kappa shape index (κ1) is 22.7. The quantitative estimate of drug-likeness (QED) is 0.679. The number of rotatable bonds is 6. The molecule has 11 heteroatoms. The molecule has 156 valence electrons. The minimum atomic E-state index is -4.74. The van der Waals surface area contributed by atoms with Crippen LogP contribution in [0.3, 0.4) is 0 Å². The summed E-state index contributed by atoms with van der Waals surface area (Å²) in [6.45, 7) is -0.816. The molecule has 0 aliphatic rings. The van der Waals surface area contributed by atoms with Crippen molar-refractivity contribution in [3.63, 3.8) is 0 Å². The lowest BCUT2D eigenvalue weighted by Gasteiger charge is -2.14. The van der Waals surface area contributed by atoms with Gasteiger partial charge in [0.2, 0.25) is 0 Å².